The summed E-state index contributed by atoms with van der Waals surface area (Å²) in [4.78, 5) is 0. The van der Waals surface area contributed by atoms with Crippen LogP contribution in [0, 0.1) is 5.92 Å². The Morgan fingerprint density at radius 3 is 2.43 bits per heavy atom. The van der Waals surface area contributed by atoms with E-state index in [1.54, 1.807) is 6.92 Å². The molecule has 84 valence electrons. The van der Waals surface area contributed by atoms with Crippen molar-refractivity contribution < 1.29 is 12.6 Å². The zero-order valence-electron chi connectivity index (χ0n) is 8.61. The van der Waals surface area contributed by atoms with Crippen molar-refractivity contribution in [2.45, 2.75) is 45.3 Å². The molecule has 5 heteroatoms. The Hall–Kier alpha value is -0.130. The first kappa shape index (κ1) is 11.9. The van der Waals surface area contributed by atoms with Crippen molar-refractivity contribution in [1.29, 1.82) is 0 Å². The maximum absolute atomic E-state index is 11.2. The van der Waals surface area contributed by atoms with Crippen LogP contribution in [0.4, 0.5) is 0 Å². The van der Waals surface area contributed by atoms with Crippen LogP contribution < -0.4 is 5.73 Å². The topological polar surface area (TPSA) is 69.4 Å². The van der Waals surface area contributed by atoms with E-state index in [-0.39, 0.29) is 11.7 Å². The first-order chi connectivity index (χ1) is 6.55. The Kier molecular flexibility index (Phi) is 4.34. The van der Waals surface area contributed by atoms with Gasteiger partial charge in [-0.25, -0.2) is 0 Å². The van der Waals surface area contributed by atoms with Gasteiger partial charge >= 0.3 is 0 Å². The summed E-state index contributed by atoms with van der Waals surface area (Å²) < 4.78 is 27.2. The number of hydrogen-bond acceptors (Lipinski definition) is 4. The Balaban J connectivity index is 2.44. The molecule has 1 atom stereocenters. The van der Waals surface area contributed by atoms with Crippen LogP contribution in [0.3, 0.4) is 0 Å². The van der Waals surface area contributed by atoms with E-state index in [2.05, 4.69) is 0 Å². The lowest BCUT2D eigenvalue weighted by molar-refractivity contribution is 0.120. The highest BCUT2D eigenvalue weighted by molar-refractivity contribution is 7.86. The Labute approximate surface area is 85.9 Å². The van der Waals surface area contributed by atoms with Gasteiger partial charge in [0.1, 0.15) is 6.23 Å². The molecule has 14 heavy (non-hydrogen) atoms. The third-order valence-corrected chi connectivity index (χ3v) is 3.95. The van der Waals surface area contributed by atoms with Crippen molar-refractivity contribution in [2.24, 2.45) is 11.7 Å². The molecule has 0 aliphatic heterocycles. The summed E-state index contributed by atoms with van der Waals surface area (Å²) in [7, 11) is -3.39. The quantitative estimate of drug-likeness (QED) is 0.572. The summed E-state index contributed by atoms with van der Waals surface area (Å²) in [6, 6.07) is 0. The Morgan fingerprint density at radius 1 is 1.36 bits per heavy atom. The molecule has 4 nitrogen and oxygen atoms in total. The van der Waals surface area contributed by atoms with Crippen LogP contribution in [0.1, 0.15) is 39.0 Å². The summed E-state index contributed by atoms with van der Waals surface area (Å²) in [5.74, 6) is 0.207. The molecule has 0 radical (unpaired) electrons. The second-order valence-electron chi connectivity index (χ2n) is 3.81. The molecule has 0 amide bonds. The van der Waals surface area contributed by atoms with Gasteiger partial charge in [-0.2, -0.15) is 8.42 Å². The van der Waals surface area contributed by atoms with Crippen molar-refractivity contribution in [2.75, 3.05) is 5.75 Å². The fourth-order valence-electron chi connectivity index (χ4n) is 1.78. The van der Waals surface area contributed by atoms with Gasteiger partial charge in [-0.3, -0.25) is 4.18 Å². The number of hydrogen-bond donors (Lipinski definition) is 1. The van der Waals surface area contributed by atoms with Gasteiger partial charge in [-0.05, 0) is 25.7 Å². The largest absolute Gasteiger partial charge is 0.305 e. The molecule has 1 saturated carbocycles. The predicted octanol–water partition coefficient (Wildman–Crippen LogP) is 1.22. The number of nitrogens with two attached hydrogens (primary N) is 1. The predicted molar refractivity (Wildman–Crippen MR) is 55.1 cm³/mol. The van der Waals surface area contributed by atoms with Gasteiger partial charge in [0.05, 0.1) is 5.75 Å². The van der Waals surface area contributed by atoms with Crippen LogP contribution in [-0.2, 0) is 14.3 Å². The highest BCUT2D eigenvalue weighted by atomic mass is 32.2. The third-order valence-electron chi connectivity index (χ3n) is 2.73. The third kappa shape index (κ3) is 3.55. The lowest BCUT2D eigenvalue weighted by Crippen LogP contribution is -2.36. The van der Waals surface area contributed by atoms with E-state index < -0.39 is 16.3 Å². The lowest BCUT2D eigenvalue weighted by Gasteiger charge is -2.26. The molecule has 0 heterocycles. The summed E-state index contributed by atoms with van der Waals surface area (Å²) in [6.07, 6.45) is 4.83. The molecule has 0 aromatic rings. The molecule has 0 aromatic heterocycles. The molecule has 2 N–H and O–H groups in total. The van der Waals surface area contributed by atoms with Gasteiger partial charge < -0.3 is 5.73 Å². The first-order valence-corrected chi connectivity index (χ1v) is 6.79. The normalized spacial score (nSPS) is 22.1. The summed E-state index contributed by atoms with van der Waals surface area (Å²) in [5.41, 5.74) is 5.71. The van der Waals surface area contributed by atoms with E-state index in [0.717, 1.165) is 25.7 Å². The Bertz CT molecular complexity index is 257. The molecule has 1 rings (SSSR count). The summed E-state index contributed by atoms with van der Waals surface area (Å²) in [5, 5.41) is 0. The maximum Gasteiger partial charge on any atom is 0.268 e. The van der Waals surface area contributed by atoms with Gasteiger partial charge in [-0.1, -0.05) is 19.3 Å². The average molecular weight is 221 g/mol. The molecule has 1 unspecified atom stereocenters. The zero-order chi connectivity index (χ0) is 10.6. The highest BCUT2D eigenvalue weighted by Gasteiger charge is 2.24. The summed E-state index contributed by atoms with van der Waals surface area (Å²) in [6.45, 7) is 1.56. The molecule has 0 spiro atoms. The minimum absolute atomic E-state index is 0.00653. The van der Waals surface area contributed by atoms with Crippen LogP contribution in [0.15, 0.2) is 0 Å². The van der Waals surface area contributed by atoms with Crippen LogP contribution in [0.25, 0.3) is 0 Å². The van der Waals surface area contributed by atoms with Crippen LogP contribution in [0.5, 0.6) is 0 Å². The van der Waals surface area contributed by atoms with Crippen molar-refractivity contribution >= 4 is 10.1 Å². The molecular weight excluding hydrogens is 202 g/mol. The van der Waals surface area contributed by atoms with Gasteiger partial charge in [-0.15, -0.1) is 0 Å². The highest BCUT2D eigenvalue weighted by Crippen LogP contribution is 2.26. The molecule has 1 fully saturated rings. The second-order valence-corrected chi connectivity index (χ2v) is 5.69. The minimum atomic E-state index is -3.39. The summed E-state index contributed by atoms with van der Waals surface area (Å²) >= 11 is 0. The smallest absolute Gasteiger partial charge is 0.268 e. The molecule has 1 aliphatic carbocycles. The van der Waals surface area contributed by atoms with E-state index in [4.69, 9.17) is 9.92 Å². The first-order valence-electron chi connectivity index (χ1n) is 5.21. The van der Waals surface area contributed by atoms with E-state index in [0.29, 0.717) is 0 Å². The molecular formula is C9H19NO3S. The lowest BCUT2D eigenvalue weighted by atomic mass is 9.88. The Morgan fingerprint density at radius 2 is 1.93 bits per heavy atom. The molecule has 0 aromatic carbocycles. The van der Waals surface area contributed by atoms with Crippen LogP contribution in [0.2, 0.25) is 0 Å². The SMILES string of the molecule is CCS(=O)(=O)OC(N)C1CCCCC1. The van der Waals surface area contributed by atoms with E-state index >= 15 is 0 Å². The van der Waals surface area contributed by atoms with Crippen molar-refractivity contribution in [3.63, 3.8) is 0 Å². The fourth-order valence-corrected chi connectivity index (χ4v) is 2.41. The molecule has 0 saturated heterocycles. The average Bonchev–Trinajstić information content (AvgIpc) is 2.19. The second kappa shape index (κ2) is 5.09. The van der Waals surface area contributed by atoms with E-state index in [1.807, 2.05) is 0 Å². The van der Waals surface area contributed by atoms with Crippen LogP contribution >= 0.6 is 0 Å². The minimum Gasteiger partial charge on any atom is -0.305 e. The maximum atomic E-state index is 11.2. The van der Waals surface area contributed by atoms with Crippen molar-refractivity contribution in [3.8, 4) is 0 Å². The monoisotopic (exact) mass is 221 g/mol. The number of rotatable bonds is 4. The van der Waals surface area contributed by atoms with Gasteiger partial charge in [0.15, 0.2) is 0 Å². The van der Waals surface area contributed by atoms with Gasteiger partial charge in [0.2, 0.25) is 0 Å². The standard InChI is InChI=1S/C9H19NO3S/c1-2-14(11,12)13-9(10)8-6-4-3-5-7-8/h8-9H,2-7,10H2,1H3. The van der Waals surface area contributed by atoms with Crippen molar-refractivity contribution in [3.05, 3.63) is 0 Å². The van der Waals surface area contributed by atoms with Crippen LogP contribution in [-0.4, -0.2) is 20.4 Å². The zero-order valence-corrected chi connectivity index (χ0v) is 9.42. The van der Waals surface area contributed by atoms with Crippen molar-refractivity contribution in [1.82, 2.24) is 0 Å². The van der Waals surface area contributed by atoms with E-state index in [9.17, 15) is 8.42 Å². The molecule has 0 bridgehead atoms. The van der Waals surface area contributed by atoms with Gasteiger partial charge in [0.25, 0.3) is 10.1 Å². The molecule has 1 aliphatic rings. The van der Waals surface area contributed by atoms with Gasteiger partial charge in [0, 0.05) is 0 Å². The fraction of sp³-hybridized carbons (Fsp3) is 1.00. The van der Waals surface area contributed by atoms with E-state index in [1.165, 1.54) is 6.42 Å².